The Morgan fingerprint density at radius 3 is 2.65 bits per heavy atom. The molecular weight excluding hydrogens is 298 g/mol. The number of nitrogens with zero attached hydrogens (tertiary/aromatic N) is 2. The van der Waals surface area contributed by atoms with Gasteiger partial charge in [0.05, 0.1) is 0 Å². The second-order valence-corrected chi connectivity index (χ2v) is 6.52. The number of benzene rings is 1. The molecule has 2 aliphatic rings. The second-order valence-electron chi connectivity index (χ2n) is 6.52. The van der Waals surface area contributed by atoms with Crippen LogP contribution in [0.1, 0.15) is 36.0 Å². The van der Waals surface area contributed by atoms with Gasteiger partial charge in [0, 0.05) is 30.7 Å². The van der Waals surface area contributed by atoms with E-state index in [9.17, 15) is 13.6 Å². The molecule has 2 saturated heterocycles. The average molecular weight is 320 g/mol. The zero-order valence-electron chi connectivity index (χ0n) is 13.2. The summed E-state index contributed by atoms with van der Waals surface area (Å²) in [7, 11) is 0. The maximum absolute atomic E-state index is 13.4. The van der Waals surface area contributed by atoms with Crippen molar-refractivity contribution in [2.75, 3.05) is 26.2 Å². The van der Waals surface area contributed by atoms with E-state index in [0.717, 1.165) is 50.9 Å². The van der Waals surface area contributed by atoms with Crippen molar-refractivity contribution in [3.05, 3.63) is 48.1 Å². The Balaban J connectivity index is 1.79. The summed E-state index contributed by atoms with van der Waals surface area (Å²) in [6.45, 7) is 7.00. The summed E-state index contributed by atoms with van der Waals surface area (Å²) in [5.41, 5.74) is 0.231. The monoisotopic (exact) mass is 320 g/mol. The van der Waals surface area contributed by atoms with Gasteiger partial charge in [0.25, 0.3) is 5.91 Å². The van der Waals surface area contributed by atoms with E-state index in [0.29, 0.717) is 13.1 Å². The van der Waals surface area contributed by atoms with Gasteiger partial charge in [-0.05, 0) is 50.4 Å². The van der Waals surface area contributed by atoms with Crippen LogP contribution in [0.4, 0.5) is 8.78 Å². The molecule has 3 nitrogen and oxygen atoms in total. The first-order valence-electron chi connectivity index (χ1n) is 8.16. The summed E-state index contributed by atoms with van der Waals surface area (Å²) in [4.78, 5) is 16.9. The molecule has 3 rings (SSSR count). The zero-order chi connectivity index (χ0) is 16.4. The first kappa shape index (κ1) is 16.1. The molecule has 23 heavy (non-hydrogen) atoms. The van der Waals surface area contributed by atoms with Crippen molar-refractivity contribution in [3.63, 3.8) is 0 Å². The molecule has 1 aromatic carbocycles. The van der Waals surface area contributed by atoms with Crippen LogP contribution in [0.3, 0.4) is 0 Å². The minimum absolute atomic E-state index is 0.0146. The van der Waals surface area contributed by atoms with Gasteiger partial charge in [-0.3, -0.25) is 9.69 Å². The quantitative estimate of drug-likeness (QED) is 0.799. The Morgan fingerprint density at radius 1 is 1.22 bits per heavy atom. The van der Waals surface area contributed by atoms with Crippen molar-refractivity contribution in [3.8, 4) is 0 Å². The Bertz CT molecular complexity index is 619. The summed E-state index contributed by atoms with van der Waals surface area (Å²) in [5.74, 6) is -2.12. The minimum Gasteiger partial charge on any atom is -0.337 e. The van der Waals surface area contributed by atoms with Crippen LogP contribution in [0.2, 0.25) is 0 Å². The molecule has 0 bridgehead atoms. The van der Waals surface area contributed by atoms with Gasteiger partial charge in [0.2, 0.25) is 0 Å². The van der Waals surface area contributed by atoms with Crippen LogP contribution < -0.4 is 0 Å². The fraction of sp³-hybridized carbons (Fsp3) is 0.500. The van der Waals surface area contributed by atoms with Crippen molar-refractivity contribution in [2.45, 2.75) is 31.2 Å². The van der Waals surface area contributed by atoms with Crippen molar-refractivity contribution in [1.82, 2.24) is 9.80 Å². The highest BCUT2D eigenvalue weighted by atomic mass is 19.2. The van der Waals surface area contributed by atoms with E-state index in [4.69, 9.17) is 0 Å². The lowest BCUT2D eigenvalue weighted by molar-refractivity contribution is 0.0366. The average Bonchev–Trinajstić information content (AvgIpc) is 2.92. The topological polar surface area (TPSA) is 23.6 Å². The number of amides is 1. The third-order valence-electron chi connectivity index (χ3n) is 5.10. The van der Waals surface area contributed by atoms with Gasteiger partial charge in [-0.15, -0.1) is 6.58 Å². The lowest BCUT2D eigenvalue weighted by Crippen LogP contribution is -2.56. The SMILES string of the molecule is C=CCN1CCCC12CCCN(C(=O)c1ccc(F)c(F)c1)C2. The number of piperidine rings is 1. The van der Waals surface area contributed by atoms with E-state index in [1.165, 1.54) is 6.07 Å². The van der Waals surface area contributed by atoms with Crippen LogP contribution in [0, 0.1) is 11.6 Å². The normalized spacial score (nSPS) is 25.0. The molecule has 0 aromatic heterocycles. The highest BCUT2D eigenvalue weighted by molar-refractivity contribution is 5.94. The Kier molecular flexibility index (Phi) is 4.48. The van der Waals surface area contributed by atoms with Crippen LogP contribution in [0.15, 0.2) is 30.9 Å². The number of carbonyl (C=O) groups is 1. The van der Waals surface area contributed by atoms with E-state index in [1.807, 2.05) is 6.08 Å². The Morgan fingerprint density at radius 2 is 1.96 bits per heavy atom. The highest BCUT2D eigenvalue weighted by Gasteiger charge is 2.44. The molecule has 1 amide bonds. The van der Waals surface area contributed by atoms with E-state index >= 15 is 0 Å². The third-order valence-corrected chi connectivity index (χ3v) is 5.10. The van der Waals surface area contributed by atoms with Gasteiger partial charge in [-0.2, -0.15) is 0 Å². The number of rotatable bonds is 3. The van der Waals surface area contributed by atoms with Crippen molar-refractivity contribution >= 4 is 5.91 Å². The minimum atomic E-state index is -0.975. The van der Waals surface area contributed by atoms with Gasteiger partial charge in [-0.1, -0.05) is 6.08 Å². The van der Waals surface area contributed by atoms with Crippen LogP contribution in [0.5, 0.6) is 0 Å². The van der Waals surface area contributed by atoms with Crippen LogP contribution in [-0.4, -0.2) is 47.4 Å². The van der Waals surface area contributed by atoms with Gasteiger partial charge in [0.15, 0.2) is 11.6 Å². The summed E-state index contributed by atoms with van der Waals surface area (Å²) in [5, 5.41) is 0. The van der Waals surface area contributed by atoms with Gasteiger partial charge < -0.3 is 4.90 Å². The van der Waals surface area contributed by atoms with E-state index in [2.05, 4.69) is 11.5 Å². The number of carbonyl (C=O) groups excluding carboxylic acids is 1. The lowest BCUT2D eigenvalue weighted by Gasteiger charge is -2.45. The molecule has 0 saturated carbocycles. The molecule has 1 spiro atoms. The summed E-state index contributed by atoms with van der Waals surface area (Å²) < 4.78 is 26.5. The van der Waals surface area contributed by atoms with E-state index < -0.39 is 11.6 Å². The molecule has 2 fully saturated rings. The zero-order valence-corrected chi connectivity index (χ0v) is 13.2. The van der Waals surface area contributed by atoms with E-state index in [1.54, 1.807) is 4.90 Å². The smallest absolute Gasteiger partial charge is 0.254 e. The van der Waals surface area contributed by atoms with E-state index in [-0.39, 0.29) is 17.0 Å². The van der Waals surface area contributed by atoms with Crippen LogP contribution >= 0.6 is 0 Å². The number of halogens is 2. The predicted molar refractivity (Wildman–Crippen MR) is 85.2 cm³/mol. The van der Waals surface area contributed by atoms with Gasteiger partial charge in [-0.25, -0.2) is 8.78 Å². The molecular formula is C18H22F2N2O. The van der Waals surface area contributed by atoms with Crippen molar-refractivity contribution in [2.24, 2.45) is 0 Å². The molecule has 2 heterocycles. The summed E-state index contributed by atoms with van der Waals surface area (Å²) in [6.07, 6.45) is 6.11. The van der Waals surface area contributed by atoms with Crippen LogP contribution in [-0.2, 0) is 0 Å². The molecule has 124 valence electrons. The fourth-order valence-electron chi connectivity index (χ4n) is 3.99. The fourth-order valence-corrected chi connectivity index (χ4v) is 3.99. The molecule has 5 heteroatoms. The van der Waals surface area contributed by atoms with Gasteiger partial charge >= 0.3 is 0 Å². The highest BCUT2D eigenvalue weighted by Crippen LogP contribution is 2.37. The number of hydrogen-bond acceptors (Lipinski definition) is 2. The summed E-state index contributed by atoms with van der Waals surface area (Å²) >= 11 is 0. The predicted octanol–water partition coefficient (Wildman–Crippen LogP) is 3.22. The Hall–Kier alpha value is -1.75. The molecule has 0 radical (unpaired) electrons. The van der Waals surface area contributed by atoms with Crippen molar-refractivity contribution in [1.29, 1.82) is 0 Å². The van der Waals surface area contributed by atoms with Crippen molar-refractivity contribution < 1.29 is 13.6 Å². The largest absolute Gasteiger partial charge is 0.337 e. The molecule has 2 aliphatic heterocycles. The lowest BCUT2D eigenvalue weighted by atomic mass is 9.86. The van der Waals surface area contributed by atoms with Crippen LogP contribution in [0.25, 0.3) is 0 Å². The first-order valence-corrected chi connectivity index (χ1v) is 8.16. The standard InChI is InChI=1S/C18H22F2N2O/c1-2-9-22-11-4-8-18(22)7-3-10-21(13-18)17(23)14-5-6-15(19)16(20)12-14/h2,5-6,12H,1,3-4,7-11,13H2. The molecule has 1 aromatic rings. The first-order chi connectivity index (χ1) is 11.1. The van der Waals surface area contributed by atoms with Gasteiger partial charge in [0.1, 0.15) is 0 Å². The third kappa shape index (κ3) is 3.02. The number of likely N-dealkylation sites (tertiary alicyclic amines) is 2. The molecule has 0 aliphatic carbocycles. The molecule has 1 unspecified atom stereocenters. The molecule has 0 N–H and O–H groups in total. The Labute approximate surface area is 135 Å². The maximum atomic E-state index is 13.4. The second kappa shape index (κ2) is 6.40. The maximum Gasteiger partial charge on any atom is 0.254 e. The summed E-state index contributed by atoms with van der Waals surface area (Å²) in [6, 6.07) is 3.37. The molecule has 1 atom stereocenters. The number of hydrogen-bond donors (Lipinski definition) is 0.